The fourth-order valence-corrected chi connectivity index (χ4v) is 3.96. The number of aromatic nitrogens is 5. The first-order valence-corrected chi connectivity index (χ1v) is 10.9. The van der Waals surface area contributed by atoms with Crippen molar-refractivity contribution in [3.8, 4) is 11.4 Å². The summed E-state index contributed by atoms with van der Waals surface area (Å²) in [7, 11) is 0. The molecule has 33 heavy (non-hydrogen) atoms. The van der Waals surface area contributed by atoms with E-state index in [0.29, 0.717) is 25.1 Å². The van der Waals surface area contributed by atoms with E-state index >= 15 is 0 Å². The monoisotopic (exact) mass is 436 g/mol. The molecule has 0 atom stereocenters. The van der Waals surface area contributed by atoms with Gasteiger partial charge in [-0.25, -0.2) is 4.98 Å². The minimum atomic E-state index is -0.104. The van der Waals surface area contributed by atoms with Crippen molar-refractivity contribution in [2.24, 2.45) is 0 Å². The smallest absolute Gasteiger partial charge is 0.253 e. The quantitative estimate of drug-likeness (QED) is 0.420. The number of hydrogen-bond acceptors (Lipinski definition) is 4. The van der Waals surface area contributed by atoms with Crippen molar-refractivity contribution in [1.29, 1.82) is 0 Å². The topological polar surface area (TPSA) is 77.1 Å². The van der Waals surface area contributed by atoms with Gasteiger partial charge in [0.15, 0.2) is 0 Å². The molecule has 164 valence electrons. The van der Waals surface area contributed by atoms with Crippen LogP contribution in [0, 0.1) is 6.92 Å². The summed E-state index contributed by atoms with van der Waals surface area (Å²) in [5, 5.41) is 3.03. The van der Waals surface area contributed by atoms with Crippen molar-refractivity contribution in [2.75, 3.05) is 6.54 Å². The van der Waals surface area contributed by atoms with Gasteiger partial charge in [-0.1, -0.05) is 18.2 Å². The first-order chi connectivity index (χ1) is 16.2. The molecule has 0 unspecified atom stereocenters. The molecule has 0 aliphatic heterocycles. The van der Waals surface area contributed by atoms with Crippen LogP contribution in [0.2, 0.25) is 0 Å². The third-order valence-electron chi connectivity index (χ3n) is 5.63. The van der Waals surface area contributed by atoms with E-state index in [-0.39, 0.29) is 5.91 Å². The largest absolute Gasteiger partial charge is 0.352 e. The summed E-state index contributed by atoms with van der Waals surface area (Å²) in [5.74, 6) is 0.800. The second-order valence-corrected chi connectivity index (χ2v) is 7.89. The van der Waals surface area contributed by atoms with Gasteiger partial charge >= 0.3 is 0 Å². The van der Waals surface area contributed by atoms with Crippen LogP contribution in [-0.2, 0) is 13.0 Å². The van der Waals surface area contributed by atoms with Gasteiger partial charge in [0.2, 0.25) is 0 Å². The number of fused-ring (bicyclic) bond motifs is 1. The van der Waals surface area contributed by atoms with Gasteiger partial charge in [0, 0.05) is 49.6 Å². The molecule has 0 saturated carbocycles. The highest BCUT2D eigenvalue weighted by Gasteiger charge is 2.18. The summed E-state index contributed by atoms with van der Waals surface area (Å²) in [6, 6.07) is 17.5. The van der Waals surface area contributed by atoms with Crippen LogP contribution in [0.4, 0.5) is 0 Å². The molecule has 7 nitrogen and oxygen atoms in total. The number of hydrogen-bond donors (Lipinski definition) is 1. The predicted molar refractivity (Wildman–Crippen MR) is 127 cm³/mol. The summed E-state index contributed by atoms with van der Waals surface area (Å²) < 4.78 is 4.12. The molecular weight excluding hydrogens is 412 g/mol. The zero-order valence-electron chi connectivity index (χ0n) is 18.3. The minimum Gasteiger partial charge on any atom is -0.352 e. The molecule has 5 aromatic heterocycles. The number of imidazole rings is 1. The van der Waals surface area contributed by atoms with E-state index in [1.165, 1.54) is 0 Å². The molecule has 7 heteroatoms. The van der Waals surface area contributed by atoms with Crippen molar-refractivity contribution in [3.05, 3.63) is 108 Å². The fraction of sp³-hybridized carbons (Fsp3) is 0.154. The number of carbonyl (C=O) groups is 1. The molecular formula is C26H24N6O. The zero-order chi connectivity index (χ0) is 22.6. The highest BCUT2D eigenvalue weighted by Crippen LogP contribution is 2.26. The average Bonchev–Trinajstić information content (AvgIpc) is 3.41. The van der Waals surface area contributed by atoms with E-state index in [1.54, 1.807) is 12.4 Å². The van der Waals surface area contributed by atoms with Gasteiger partial charge in [-0.2, -0.15) is 0 Å². The van der Waals surface area contributed by atoms with E-state index in [1.807, 2.05) is 84.5 Å². The lowest BCUT2D eigenvalue weighted by Crippen LogP contribution is -2.25. The number of pyridine rings is 3. The minimum absolute atomic E-state index is 0.104. The number of nitrogens with one attached hydrogen (secondary N) is 1. The van der Waals surface area contributed by atoms with Crippen LogP contribution in [0.3, 0.4) is 0 Å². The van der Waals surface area contributed by atoms with E-state index < -0.39 is 0 Å². The maximum Gasteiger partial charge on any atom is 0.253 e. The lowest BCUT2D eigenvalue weighted by molar-refractivity contribution is 0.0956. The van der Waals surface area contributed by atoms with Crippen molar-refractivity contribution in [2.45, 2.75) is 19.9 Å². The molecule has 0 aliphatic carbocycles. The molecule has 0 spiro atoms. The van der Waals surface area contributed by atoms with Crippen molar-refractivity contribution >= 4 is 11.4 Å². The van der Waals surface area contributed by atoms with Crippen molar-refractivity contribution in [1.82, 2.24) is 29.2 Å². The lowest BCUT2D eigenvalue weighted by Gasteiger charge is -2.04. The summed E-state index contributed by atoms with van der Waals surface area (Å²) in [6.45, 7) is 3.20. The molecule has 0 aromatic carbocycles. The summed E-state index contributed by atoms with van der Waals surface area (Å²) in [4.78, 5) is 26.3. The van der Waals surface area contributed by atoms with E-state index in [4.69, 9.17) is 4.98 Å². The Hall–Kier alpha value is -4.26. The number of amides is 1. The Morgan fingerprint density at radius 1 is 1.06 bits per heavy atom. The Kier molecular flexibility index (Phi) is 5.68. The van der Waals surface area contributed by atoms with Gasteiger partial charge in [0.25, 0.3) is 5.91 Å². The second kappa shape index (κ2) is 9.08. The van der Waals surface area contributed by atoms with Crippen LogP contribution in [0.1, 0.15) is 27.4 Å². The van der Waals surface area contributed by atoms with Crippen LogP contribution in [0.25, 0.3) is 16.9 Å². The lowest BCUT2D eigenvalue weighted by atomic mass is 10.2. The molecule has 0 bridgehead atoms. The van der Waals surface area contributed by atoms with Crippen LogP contribution in [0.15, 0.2) is 85.6 Å². The molecule has 0 saturated heterocycles. The molecule has 1 N–H and O–H groups in total. The number of rotatable bonds is 7. The van der Waals surface area contributed by atoms with E-state index in [9.17, 15) is 4.79 Å². The average molecular weight is 437 g/mol. The number of aryl methyl sites for hydroxylation is 1. The highest BCUT2D eigenvalue weighted by molar-refractivity contribution is 6.02. The first-order valence-electron chi connectivity index (χ1n) is 10.9. The molecule has 5 heterocycles. The van der Waals surface area contributed by atoms with Gasteiger partial charge in [-0.3, -0.25) is 14.8 Å². The molecule has 0 radical (unpaired) electrons. The van der Waals surface area contributed by atoms with Crippen molar-refractivity contribution in [3.63, 3.8) is 0 Å². The zero-order valence-corrected chi connectivity index (χ0v) is 18.3. The second-order valence-electron chi connectivity index (χ2n) is 7.89. The molecule has 0 fully saturated rings. The third-order valence-corrected chi connectivity index (χ3v) is 5.63. The van der Waals surface area contributed by atoms with Gasteiger partial charge < -0.3 is 14.3 Å². The maximum absolute atomic E-state index is 13.0. The molecule has 5 aromatic rings. The Balaban J connectivity index is 1.41. The SMILES string of the molecule is Cc1nc(-c2cc(C(=O)NCCc3ccccn3)c3ccccn23)cn1Cc1cccnc1. The summed E-state index contributed by atoms with van der Waals surface area (Å²) in [6.07, 6.45) is 10.1. The highest BCUT2D eigenvalue weighted by atomic mass is 16.1. The summed E-state index contributed by atoms with van der Waals surface area (Å²) >= 11 is 0. The van der Waals surface area contributed by atoms with Crippen LogP contribution in [0.5, 0.6) is 0 Å². The molecule has 1 amide bonds. The predicted octanol–water partition coefficient (Wildman–Crippen LogP) is 3.92. The van der Waals surface area contributed by atoms with Gasteiger partial charge in [-0.15, -0.1) is 0 Å². The Morgan fingerprint density at radius 2 is 1.97 bits per heavy atom. The third kappa shape index (κ3) is 4.39. The van der Waals surface area contributed by atoms with Crippen LogP contribution < -0.4 is 5.32 Å². The Morgan fingerprint density at radius 3 is 2.79 bits per heavy atom. The van der Waals surface area contributed by atoms with Gasteiger partial charge in [0.1, 0.15) is 11.5 Å². The van der Waals surface area contributed by atoms with Crippen LogP contribution in [-0.4, -0.2) is 36.4 Å². The van der Waals surface area contributed by atoms with E-state index in [2.05, 4.69) is 19.9 Å². The Bertz CT molecular complexity index is 1390. The molecule has 5 rings (SSSR count). The standard InChI is InChI=1S/C26H24N6O/c1-19-30-23(18-31(19)17-20-7-6-11-27-16-20)25-15-22(24-9-3-5-14-32(24)25)26(33)29-13-10-21-8-2-4-12-28-21/h2-9,11-12,14-16,18H,10,13,17H2,1H3,(H,29,33). The van der Waals surface area contributed by atoms with Crippen LogP contribution >= 0.6 is 0 Å². The number of nitrogens with zero attached hydrogens (tertiary/aromatic N) is 5. The Labute approximate surface area is 191 Å². The normalized spacial score (nSPS) is 11.1. The summed E-state index contributed by atoms with van der Waals surface area (Å²) in [5.41, 5.74) is 5.25. The van der Waals surface area contributed by atoms with E-state index in [0.717, 1.165) is 34.0 Å². The fourth-order valence-electron chi connectivity index (χ4n) is 3.96. The van der Waals surface area contributed by atoms with Gasteiger partial charge in [0.05, 0.1) is 23.3 Å². The first kappa shape index (κ1) is 20.6. The van der Waals surface area contributed by atoms with Crippen molar-refractivity contribution < 1.29 is 4.79 Å². The maximum atomic E-state index is 13.0. The molecule has 0 aliphatic rings. The van der Waals surface area contributed by atoms with Gasteiger partial charge in [-0.05, 0) is 48.9 Å². The number of carbonyl (C=O) groups excluding carboxylic acids is 1.